The molecule has 140 valence electrons. The van der Waals surface area contributed by atoms with E-state index in [1.165, 1.54) is 13.0 Å². The van der Waals surface area contributed by atoms with Crippen LogP contribution in [0.25, 0.3) is 22.1 Å². The lowest BCUT2D eigenvalue weighted by Crippen LogP contribution is -2.41. The number of amides is 1. The van der Waals surface area contributed by atoms with E-state index in [-0.39, 0.29) is 17.8 Å². The van der Waals surface area contributed by atoms with Gasteiger partial charge in [0.15, 0.2) is 0 Å². The number of rotatable bonds is 3. The Labute approximate surface area is 152 Å². The van der Waals surface area contributed by atoms with Gasteiger partial charge in [0.1, 0.15) is 5.58 Å². The van der Waals surface area contributed by atoms with Gasteiger partial charge in [0, 0.05) is 17.6 Å². The number of halogens is 3. The first-order chi connectivity index (χ1) is 12.7. The van der Waals surface area contributed by atoms with E-state index in [9.17, 15) is 22.8 Å². The highest BCUT2D eigenvalue weighted by Crippen LogP contribution is 2.30. The van der Waals surface area contributed by atoms with Crippen LogP contribution >= 0.6 is 0 Å². The summed E-state index contributed by atoms with van der Waals surface area (Å²) >= 11 is 0. The minimum Gasteiger partial charge on any atom is -0.422 e. The number of carbonyl (C=O) groups is 1. The minimum atomic E-state index is -4.99. The fraction of sp³-hybridized carbons (Fsp3) is 0.200. The number of hydrogen-bond donors (Lipinski definition) is 0. The molecule has 2 aromatic carbocycles. The van der Waals surface area contributed by atoms with Gasteiger partial charge in [0.2, 0.25) is 0 Å². The summed E-state index contributed by atoms with van der Waals surface area (Å²) in [7, 11) is 0. The molecule has 1 aromatic heterocycles. The Bertz CT molecular complexity index is 1070. The highest BCUT2D eigenvalue weighted by Gasteiger charge is 2.42. The maximum Gasteiger partial charge on any atom is 0.471 e. The number of aryl methyl sites for hydroxylation is 1. The van der Waals surface area contributed by atoms with E-state index in [2.05, 4.69) is 0 Å². The van der Waals surface area contributed by atoms with Crippen molar-refractivity contribution in [3.8, 4) is 11.1 Å². The number of anilines is 1. The molecule has 3 rings (SSSR count). The third-order valence-electron chi connectivity index (χ3n) is 4.26. The summed E-state index contributed by atoms with van der Waals surface area (Å²) in [6.07, 6.45) is -4.99. The van der Waals surface area contributed by atoms with E-state index in [1.807, 2.05) is 0 Å². The van der Waals surface area contributed by atoms with Crippen LogP contribution in [0, 0.1) is 6.92 Å². The van der Waals surface area contributed by atoms with Gasteiger partial charge in [0.05, 0.1) is 5.56 Å². The molecule has 0 radical (unpaired) electrons. The van der Waals surface area contributed by atoms with Crippen LogP contribution in [0.3, 0.4) is 0 Å². The Kier molecular flexibility index (Phi) is 4.78. The number of benzene rings is 2. The van der Waals surface area contributed by atoms with Crippen LogP contribution in [0.4, 0.5) is 18.9 Å². The molecule has 0 aliphatic carbocycles. The Morgan fingerprint density at radius 1 is 1.11 bits per heavy atom. The van der Waals surface area contributed by atoms with Gasteiger partial charge in [-0.05, 0) is 43.2 Å². The number of para-hydroxylation sites is 1. The Hall–Kier alpha value is -3.09. The van der Waals surface area contributed by atoms with Gasteiger partial charge in [-0.15, -0.1) is 0 Å². The monoisotopic (exact) mass is 375 g/mol. The molecule has 0 spiro atoms. The zero-order chi connectivity index (χ0) is 19.8. The molecule has 1 heterocycles. The number of carbonyl (C=O) groups excluding carboxylic acids is 1. The van der Waals surface area contributed by atoms with Gasteiger partial charge in [-0.2, -0.15) is 13.2 Å². The van der Waals surface area contributed by atoms with E-state index in [0.29, 0.717) is 27.0 Å². The SMILES string of the molecule is CCN(C(=O)C(F)(F)F)c1cc(-c2cc3ccccc3oc2=O)ccc1C. The molecule has 0 fully saturated rings. The lowest BCUT2D eigenvalue weighted by molar-refractivity contribution is -0.170. The average molecular weight is 375 g/mol. The summed E-state index contributed by atoms with van der Waals surface area (Å²) in [5.41, 5.74) is 0.997. The van der Waals surface area contributed by atoms with Gasteiger partial charge in [-0.25, -0.2) is 4.79 Å². The maximum absolute atomic E-state index is 12.9. The van der Waals surface area contributed by atoms with Gasteiger partial charge < -0.3 is 9.32 Å². The number of hydrogen-bond acceptors (Lipinski definition) is 3. The lowest BCUT2D eigenvalue weighted by atomic mass is 10.0. The Balaban J connectivity index is 2.15. The van der Waals surface area contributed by atoms with E-state index in [0.717, 1.165) is 0 Å². The summed E-state index contributed by atoms with van der Waals surface area (Å²) in [6.45, 7) is 2.91. The van der Waals surface area contributed by atoms with Crippen molar-refractivity contribution in [3.05, 3.63) is 64.5 Å². The van der Waals surface area contributed by atoms with Crippen LogP contribution < -0.4 is 10.5 Å². The second kappa shape index (κ2) is 6.90. The van der Waals surface area contributed by atoms with Crippen molar-refractivity contribution < 1.29 is 22.4 Å². The molecular formula is C20H16F3NO3. The van der Waals surface area contributed by atoms with E-state index < -0.39 is 17.7 Å². The molecule has 0 saturated carbocycles. The summed E-state index contributed by atoms with van der Waals surface area (Å²) in [5, 5.41) is 0.688. The zero-order valence-corrected chi connectivity index (χ0v) is 14.6. The zero-order valence-electron chi connectivity index (χ0n) is 14.6. The molecule has 0 unspecified atom stereocenters. The van der Waals surface area contributed by atoms with Crippen LogP contribution in [0.2, 0.25) is 0 Å². The van der Waals surface area contributed by atoms with E-state index >= 15 is 0 Å². The summed E-state index contributed by atoms with van der Waals surface area (Å²) in [4.78, 5) is 24.7. The normalized spacial score (nSPS) is 11.6. The molecule has 0 N–H and O–H groups in total. The van der Waals surface area contributed by atoms with Gasteiger partial charge in [0.25, 0.3) is 0 Å². The predicted octanol–water partition coefficient (Wildman–Crippen LogP) is 4.68. The van der Waals surface area contributed by atoms with E-state index in [4.69, 9.17) is 4.42 Å². The molecule has 1 amide bonds. The van der Waals surface area contributed by atoms with Crippen molar-refractivity contribution in [2.24, 2.45) is 0 Å². The molecule has 0 saturated heterocycles. The average Bonchev–Trinajstić information content (AvgIpc) is 2.62. The fourth-order valence-corrected chi connectivity index (χ4v) is 2.91. The smallest absolute Gasteiger partial charge is 0.422 e. The molecule has 3 aromatic rings. The number of alkyl halides is 3. The third kappa shape index (κ3) is 3.58. The summed E-state index contributed by atoms with van der Waals surface area (Å²) in [6, 6.07) is 13.2. The van der Waals surface area contributed by atoms with Crippen molar-refractivity contribution in [3.63, 3.8) is 0 Å². The largest absolute Gasteiger partial charge is 0.471 e. The highest BCUT2D eigenvalue weighted by molar-refractivity contribution is 5.98. The molecular weight excluding hydrogens is 359 g/mol. The third-order valence-corrected chi connectivity index (χ3v) is 4.26. The fourth-order valence-electron chi connectivity index (χ4n) is 2.91. The Morgan fingerprint density at radius 2 is 1.81 bits per heavy atom. The molecule has 27 heavy (non-hydrogen) atoms. The quantitative estimate of drug-likeness (QED) is 0.625. The Morgan fingerprint density at radius 3 is 2.48 bits per heavy atom. The van der Waals surface area contributed by atoms with Crippen LogP contribution in [-0.2, 0) is 4.79 Å². The van der Waals surface area contributed by atoms with Gasteiger partial charge in [-0.1, -0.05) is 30.3 Å². The number of fused-ring (bicyclic) bond motifs is 1. The van der Waals surface area contributed by atoms with Crippen molar-refractivity contribution >= 4 is 22.6 Å². The summed E-state index contributed by atoms with van der Waals surface area (Å²) in [5.74, 6) is -1.95. The van der Waals surface area contributed by atoms with Crippen LogP contribution in [-0.4, -0.2) is 18.6 Å². The summed E-state index contributed by atoms with van der Waals surface area (Å²) < 4.78 is 44.0. The molecule has 0 atom stereocenters. The lowest BCUT2D eigenvalue weighted by Gasteiger charge is -2.24. The van der Waals surface area contributed by atoms with Crippen molar-refractivity contribution in [1.82, 2.24) is 0 Å². The van der Waals surface area contributed by atoms with Crippen molar-refractivity contribution in [1.29, 1.82) is 0 Å². The molecule has 0 aliphatic heterocycles. The molecule has 4 nitrogen and oxygen atoms in total. The second-order valence-corrected chi connectivity index (χ2v) is 6.03. The first-order valence-corrected chi connectivity index (χ1v) is 8.25. The molecule has 0 aliphatic rings. The first kappa shape index (κ1) is 18.7. The number of nitrogens with zero attached hydrogens (tertiary/aromatic N) is 1. The van der Waals surface area contributed by atoms with Gasteiger partial charge >= 0.3 is 17.7 Å². The maximum atomic E-state index is 12.9. The van der Waals surface area contributed by atoms with Gasteiger partial charge in [-0.3, -0.25) is 4.79 Å². The highest BCUT2D eigenvalue weighted by atomic mass is 19.4. The van der Waals surface area contributed by atoms with E-state index in [1.54, 1.807) is 49.4 Å². The van der Waals surface area contributed by atoms with Crippen LogP contribution in [0.1, 0.15) is 12.5 Å². The predicted molar refractivity (Wildman–Crippen MR) is 96.7 cm³/mol. The van der Waals surface area contributed by atoms with Crippen LogP contribution in [0.15, 0.2) is 57.7 Å². The standard InChI is InChI=1S/C20H16F3NO3/c1-3-24(19(26)20(21,22)23)16-11-13(9-8-12(16)2)15-10-14-6-4-5-7-17(14)27-18(15)25/h4-11H,3H2,1-2H3. The van der Waals surface area contributed by atoms with Crippen molar-refractivity contribution in [2.75, 3.05) is 11.4 Å². The van der Waals surface area contributed by atoms with Crippen molar-refractivity contribution in [2.45, 2.75) is 20.0 Å². The second-order valence-electron chi connectivity index (χ2n) is 6.03. The molecule has 0 bridgehead atoms. The first-order valence-electron chi connectivity index (χ1n) is 8.25. The molecule has 7 heteroatoms. The topological polar surface area (TPSA) is 50.5 Å². The van der Waals surface area contributed by atoms with Crippen LogP contribution in [0.5, 0.6) is 0 Å². The minimum absolute atomic E-state index is 0.102.